The minimum atomic E-state index is -0.987. The first-order chi connectivity index (χ1) is 14.0. The summed E-state index contributed by atoms with van der Waals surface area (Å²) in [5, 5.41) is 9.85. The van der Waals surface area contributed by atoms with E-state index in [1.165, 1.54) is 6.07 Å². The lowest BCUT2D eigenvalue weighted by atomic mass is 10.1. The summed E-state index contributed by atoms with van der Waals surface area (Å²) in [6.07, 6.45) is 3.74. The van der Waals surface area contributed by atoms with Crippen molar-refractivity contribution in [1.29, 1.82) is 0 Å². The summed E-state index contributed by atoms with van der Waals surface area (Å²) >= 11 is 5.97. The standard InChI is InChI=1S/C23H23ClN2O3/c1-2-3-4-8-21-25-20(17-9-11-19(24)12-10-17)14-22(27)26(21)15-16-6-5-7-18(13-16)23(28)29/h5-7,9-14H,2-4,8,15H2,1H3,(H,28,29). The predicted molar refractivity (Wildman–Crippen MR) is 115 cm³/mol. The fraction of sp³-hybridized carbons (Fsp3) is 0.261. The van der Waals surface area contributed by atoms with Gasteiger partial charge in [0, 0.05) is 23.1 Å². The van der Waals surface area contributed by atoms with Gasteiger partial charge in [-0.25, -0.2) is 9.78 Å². The third kappa shape index (κ3) is 5.33. The second-order valence-corrected chi connectivity index (χ2v) is 7.39. The Morgan fingerprint density at radius 3 is 2.55 bits per heavy atom. The molecule has 5 nitrogen and oxygen atoms in total. The largest absolute Gasteiger partial charge is 0.478 e. The molecule has 0 spiro atoms. The number of carboxylic acids is 1. The van der Waals surface area contributed by atoms with Gasteiger partial charge in [-0.2, -0.15) is 0 Å². The van der Waals surface area contributed by atoms with Crippen molar-refractivity contribution in [3.8, 4) is 11.3 Å². The molecule has 150 valence electrons. The van der Waals surface area contributed by atoms with Gasteiger partial charge in [0.2, 0.25) is 0 Å². The van der Waals surface area contributed by atoms with Gasteiger partial charge in [0.1, 0.15) is 5.82 Å². The lowest BCUT2D eigenvalue weighted by Crippen LogP contribution is -2.25. The van der Waals surface area contributed by atoms with Gasteiger partial charge in [0.15, 0.2) is 0 Å². The Kier molecular flexibility index (Phi) is 6.83. The first-order valence-electron chi connectivity index (χ1n) is 9.67. The molecule has 3 aromatic rings. The van der Waals surface area contributed by atoms with Crippen LogP contribution >= 0.6 is 11.6 Å². The smallest absolute Gasteiger partial charge is 0.335 e. The lowest BCUT2D eigenvalue weighted by Gasteiger charge is -2.14. The van der Waals surface area contributed by atoms with E-state index in [1.807, 2.05) is 18.2 Å². The number of hydrogen-bond donors (Lipinski definition) is 1. The van der Waals surface area contributed by atoms with E-state index in [2.05, 4.69) is 6.92 Å². The van der Waals surface area contributed by atoms with Crippen LogP contribution in [0.1, 0.15) is 47.9 Å². The Morgan fingerprint density at radius 1 is 1.10 bits per heavy atom. The predicted octanol–water partition coefficient (Wildman–Crippen LogP) is 5.04. The number of benzene rings is 2. The number of halogens is 1. The van der Waals surface area contributed by atoms with Crippen molar-refractivity contribution < 1.29 is 9.90 Å². The Hall–Kier alpha value is -2.92. The van der Waals surface area contributed by atoms with Crippen LogP contribution in [0.3, 0.4) is 0 Å². The lowest BCUT2D eigenvalue weighted by molar-refractivity contribution is 0.0696. The van der Waals surface area contributed by atoms with Crippen molar-refractivity contribution in [3.63, 3.8) is 0 Å². The van der Waals surface area contributed by atoms with Gasteiger partial charge in [0.25, 0.3) is 5.56 Å². The molecule has 0 saturated carbocycles. The van der Waals surface area contributed by atoms with Crippen molar-refractivity contribution in [2.45, 2.75) is 39.2 Å². The first kappa shape index (κ1) is 20.8. The molecule has 1 N–H and O–H groups in total. The third-order valence-electron chi connectivity index (χ3n) is 4.75. The number of rotatable bonds is 8. The fourth-order valence-electron chi connectivity index (χ4n) is 3.20. The zero-order valence-corrected chi connectivity index (χ0v) is 17.0. The van der Waals surface area contributed by atoms with Crippen LogP contribution in [0.5, 0.6) is 0 Å². The van der Waals surface area contributed by atoms with Crippen LogP contribution in [0, 0.1) is 0 Å². The van der Waals surface area contributed by atoms with Crippen LogP contribution in [-0.4, -0.2) is 20.6 Å². The molecular weight excluding hydrogens is 388 g/mol. The highest BCUT2D eigenvalue weighted by Crippen LogP contribution is 2.20. The minimum absolute atomic E-state index is 0.155. The molecule has 0 aliphatic heterocycles. The van der Waals surface area contributed by atoms with Crippen molar-refractivity contribution >= 4 is 17.6 Å². The fourth-order valence-corrected chi connectivity index (χ4v) is 3.33. The van der Waals surface area contributed by atoms with E-state index >= 15 is 0 Å². The highest BCUT2D eigenvalue weighted by atomic mass is 35.5. The summed E-state index contributed by atoms with van der Waals surface area (Å²) in [5.41, 5.74) is 2.26. The average Bonchev–Trinajstić information content (AvgIpc) is 2.71. The number of aromatic carboxylic acids is 1. The molecule has 0 amide bonds. The third-order valence-corrected chi connectivity index (χ3v) is 5.00. The molecule has 1 aromatic heterocycles. The number of carbonyl (C=O) groups is 1. The Labute approximate surface area is 174 Å². The zero-order chi connectivity index (χ0) is 20.8. The van der Waals surface area contributed by atoms with Gasteiger partial charge in [-0.1, -0.05) is 55.6 Å². The van der Waals surface area contributed by atoms with Crippen LogP contribution in [0.2, 0.25) is 5.02 Å². The van der Waals surface area contributed by atoms with Crippen LogP contribution in [0.4, 0.5) is 0 Å². The molecule has 0 saturated heterocycles. The van der Waals surface area contributed by atoms with E-state index in [4.69, 9.17) is 16.6 Å². The second-order valence-electron chi connectivity index (χ2n) is 6.95. The molecule has 0 aliphatic carbocycles. The van der Waals surface area contributed by atoms with Crippen LogP contribution in [0.25, 0.3) is 11.3 Å². The molecule has 0 atom stereocenters. The van der Waals surface area contributed by atoms with Crippen LogP contribution < -0.4 is 5.56 Å². The SMILES string of the molecule is CCCCCc1nc(-c2ccc(Cl)cc2)cc(=O)n1Cc1cccc(C(=O)O)c1. The summed E-state index contributed by atoms with van der Waals surface area (Å²) in [7, 11) is 0. The van der Waals surface area contributed by atoms with E-state index in [0.717, 1.165) is 30.4 Å². The van der Waals surface area contributed by atoms with E-state index in [9.17, 15) is 14.7 Å². The zero-order valence-electron chi connectivity index (χ0n) is 16.3. The Morgan fingerprint density at radius 2 is 1.86 bits per heavy atom. The molecule has 0 bridgehead atoms. The van der Waals surface area contributed by atoms with Gasteiger partial charge in [-0.15, -0.1) is 0 Å². The topological polar surface area (TPSA) is 72.2 Å². The van der Waals surface area contributed by atoms with Crippen LogP contribution in [-0.2, 0) is 13.0 Å². The molecule has 0 unspecified atom stereocenters. The first-order valence-corrected chi connectivity index (χ1v) is 10.0. The minimum Gasteiger partial charge on any atom is -0.478 e. The Bertz CT molecular complexity index is 1060. The van der Waals surface area contributed by atoms with Gasteiger partial charge in [-0.3, -0.25) is 9.36 Å². The molecule has 3 rings (SSSR count). The number of aryl methyl sites for hydroxylation is 1. The molecule has 0 radical (unpaired) electrons. The average molecular weight is 411 g/mol. The quantitative estimate of drug-likeness (QED) is 0.528. The van der Waals surface area contributed by atoms with Crippen molar-refractivity contribution in [3.05, 3.63) is 86.9 Å². The normalized spacial score (nSPS) is 10.8. The molecule has 0 aliphatic rings. The Balaban J connectivity index is 2.00. The molecular formula is C23H23ClN2O3. The summed E-state index contributed by atoms with van der Waals surface area (Å²) in [4.78, 5) is 28.9. The van der Waals surface area contributed by atoms with E-state index in [0.29, 0.717) is 23.0 Å². The summed E-state index contributed by atoms with van der Waals surface area (Å²) < 4.78 is 1.63. The van der Waals surface area contributed by atoms with E-state index in [-0.39, 0.29) is 17.7 Å². The summed E-state index contributed by atoms with van der Waals surface area (Å²) in [5.74, 6) is -0.282. The number of nitrogens with zero attached hydrogens (tertiary/aromatic N) is 2. The molecule has 6 heteroatoms. The molecule has 1 heterocycles. The number of hydrogen-bond acceptors (Lipinski definition) is 3. The van der Waals surface area contributed by atoms with Crippen molar-refractivity contribution in [2.24, 2.45) is 0 Å². The van der Waals surface area contributed by atoms with Crippen molar-refractivity contribution in [2.75, 3.05) is 0 Å². The maximum absolute atomic E-state index is 12.9. The molecule has 29 heavy (non-hydrogen) atoms. The van der Waals surface area contributed by atoms with E-state index < -0.39 is 5.97 Å². The molecule has 0 fully saturated rings. The van der Waals surface area contributed by atoms with Gasteiger partial charge in [-0.05, 0) is 36.2 Å². The highest BCUT2D eigenvalue weighted by molar-refractivity contribution is 6.30. The summed E-state index contributed by atoms with van der Waals surface area (Å²) in [6, 6.07) is 15.4. The number of carboxylic acid groups (broad SMARTS) is 1. The maximum Gasteiger partial charge on any atom is 0.335 e. The van der Waals surface area contributed by atoms with E-state index in [1.54, 1.807) is 34.9 Å². The monoisotopic (exact) mass is 410 g/mol. The number of aromatic nitrogens is 2. The van der Waals surface area contributed by atoms with Crippen LogP contribution in [0.15, 0.2) is 59.4 Å². The summed E-state index contributed by atoms with van der Waals surface area (Å²) in [6.45, 7) is 2.41. The van der Waals surface area contributed by atoms with Gasteiger partial charge < -0.3 is 5.11 Å². The van der Waals surface area contributed by atoms with Gasteiger partial charge in [0.05, 0.1) is 17.8 Å². The second kappa shape index (κ2) is 9.52. The molecule has 2 aromatic carbocycles. The highest BCUT2D eigenvalue weighted by Gasteiger charge is 2.12. The maximum atomic E-state index is 12.9. The number of unbranched alkanes of at least 4 members (excludes halogenated alkanes) is 2. The van der Waals surface area contributed by atoms with Crippen molar-refractivity contribution in [1.82, 2.24) is 9.55 Å². The van der Waals surface area contributed by atoms with Gasteiger partial charge >= 0.3 is 5.97 Å².